The van der Waals surface area contributed by atoms with Crippen LogP contribution in [0.5, 0.6) is 0 Å². The van der Waals surface area contributed by atoms with E-state index in [1.807, 2.05) is 0 Å². The Bertz CT molecular complexity index is 795. The number of nitrogens with zero attached hydrogens (tertiary/aromatic N) is 2. The third-order valence-electron chi connectivity index (χ3n) is 3.48. The van der Waals surface area contributed by atoms with E-state index in [1.54, 1.807) is 0 Å². The zero-order valence-electron chi connectivity index (χ0n) is 13.7. The summed E-state index contributed by atoms with van der Waals surface area (Å²) in [4.78, 5) is 29.1. The molecule has 5 nitrogen and oxygen atoms in total. The summed E-state index contributed by atoms with van der Waals surface area (Å²) in [5, 5.41) is 2.77. The summed E-state index contributed by atoms with van der Waals surface area (Å²) in [6.45, 7) is -0.160. The maximum Gasteiger partial charge on any atom is 0.416 e. The lowest BCUT2D eigenvalue weighted by atomic mass is 10.1. The molecular weight excluding hydrogens is 371 g/mol. The van der Waals surface area contributed by atoms with Gasteiger partial charge in [-0.3, -0.25) is 14.6 Å². The van der Waals surface area contributed by atoms with E-state index in [1.165, 1.54) is 42.4 Å². The van der Waals surface area contributed by atoms with Gasteiger partial charge < -0.3 is 10.2 Å². The average Bonchev–Trinajstić information content (AvgIpc) is 2.59. The molecule has 0 radical (unpaired) electrons. The highest BCUT2D eigenvalue weighted by atomic mass is 35.5. The molecule has 0 aliphatic carbocycles. The molecule has 0 atom stereocenters. The molecule has 0 saturated carbocycles. The Morgan fingerprint density at radius 1 is 1.19 bits per heavy atom. The Kier molecular flexibility index (Phi) is 6.20. The van der Waals surface area contributed by atoms with Crippen LogP contribution in [-0.2, 0) is 17.5 Å². The van der Waals surface area contributed by atoms with Gasteiger partial charge in [-0.1, -0.05) is 23.7 Å². The molecule has 0 saturated heterocycles. The number of aromatic nitrogens is 1. The highest BCUT2D eigenvalue weighted by molar-refractivity contribution is 6.30. The average molecular weight is 386 g/mol. The molecule has 0 bridgehead atoms. The molecule has 2 amide bonds. The minimum Gasteiger partial charge on any atom is -0.342 e. The molecule has 0 aliphatic rings. The first-order valence-corrected chi connectivity index (χ1v) is 7.84. The van der Waals surface area contributed by atoms with Crippen molar-refractivity contribution in [1.82, 2.24) is 15.2 Å². The van der Waals surface area contributed by atoms with Crippen LogP contribution in [0.1, 0.15) is 21.6 Å². The number of carbonyl (C=O) groups excluding carboxylic acids is 2. The van der Waals surface area contributed by atoms with Crippen LogP contribution in [0.15, 0.2) is 42.6 Å². The van der Waals surface area contributed by atoms with E-state index in [4.69, 9.17) is 11.6 Å². The Labute approximate surface area is 152 Å². The van der Waals surface area contributed by atoms with Crippen LogP contribution >= 0.6 is 11.6 Å². The van der Waals surface area contributed by atoms with E-state index in [0.29, 0.717) is 10.6 Å². The molecule has 1 N–H and O–H groups in total. The number of amides is 2. The molecule has 1 aromatic carbocycles. The molecule has 1 heterocycles. The standard InChI is InChI=1S/C17H15ClF3N3O2/c1-24(10-11-2-4-12(5-3-11)17(19,20)21)15(25)9-23-16(26)14-8-13(18)6-7-22-14/h2-8H,9-10H2,1H3,(H,23,26). The second-order valence-corrected chi connectivity index (χ2v) is 5.92. The van der Waals surface area contributed by atoms with Crippen LogP contribution in [0.3, 0.4) is 0 Å². The van der Waals surface area contributed by atoms with Gasteiger partial charge in [-0.2, -0.15) is 13.2 Å². The number of nitrogens with one attached hydrogen (secondary N) is 1. The quantitative estimate of drug-likeness (QED) is 0.860. The number of halogens is 4. The smallest absolute Gasteiger partial charge is 0.342 e. The first-order valence-electron chi connectivity index (χ1n) is 7.46. The Hall–Kier alpha value is -2.61. The van der Waals surface area contributed by atoms with Gasteiger partial charge in [-0.05, 0) is 29.8 Å². The molecule has 2 aromatic rings. The number of carbonyl (C=O) groups is 2. The summed E-state index contributed by atoms with van der Waals surface area (Å²) in [5.74, 6) is -0.955. The zero-order valence-corrected chi connectivity index (χ0v) is 14.4. The number of hydrogen-bond acceptors (Lipinski definition) is 3. The third-order valence-corrected chi connectivity index (χ3v) is 3.72. The van der Waals surface area contributed by atoms with E-state index in [0.717, 1.165) is 12.1 Å². The van der Waals surface area contributed by atoms with E-state index < -0.39 is 23.6 Å². The molecule has 0 aliphatic heterocycles. The molecular formula is C17H15ClF3N3O2. The van der Waals surface area contributed by atoms with E-state index in [9.17, 15) is 22.8 Å². The summed E-state index contributed by atoms with van der Waals surface area (Å²) < 4.78 is 37.6. The van der Waals surface area contributed by atoms with Crippen LogP contribution in [-0.4, -0.2) is 35.3 Å². The SMILES string of the molecule is CN(Cc1ccc(C(F)(F)F)cc1)C(=O)CNC(=O)c1cc(Cl)ccn1. The van der Waals surface area contributed by atoms with Gasteiger partial charge in [-0.25, -0.2) is 0 Å². The van der Waals surface area contributed by atoms with Crippen LogP contribution in [0, 0.1) is 0 Å². The summed E-state index contributed by atoms with van der Waals surface area (Å²) >= 11 is 5.77. The van der Waals surface area contributed by atoms with Gasteiger partial charge in [0, 0.05) is 24.8 Å². The number of benzene rings is 1. The first kappa shape index (κ1) is 19.7. The number of likely N-dealkylation sites (N-methyl/N-ethyl adjacent to an activating group) is 1. The topological polar surface area (TPSA) is 62.3 Å². The second-order valence-electron chi connectivity index (χ2n) is 5.49. The van der Waals surface area contributed by atoms with Crippen molar-refractivity contribution in [2.24, 2.45) is 0 Å². The van der Waals surface area contributed by atoms with Crippen LogP contribution in [0.25, 0.3) is 0 Å². The normalized spacial score (nSPS) is 11.1. The molecule has 2 rings (SSSR count). The highest BCUT2D eigenvalue weighted by Gasteiger charge is 2.30. The fraction of sp³-hybridized carbons (Fsp3) is 0.235. The van der Waals surface area contributed by atoms with Crippen molar-refractivity contribution in [3.63, 3.8) is 0 Å². The number of alkyl halides is 3. The first-order chi connectivity index (χ1) is 12.2. The predicted octanol–water partition coefficient (Wildman–Crippen LogP) is 3.14. The van der Waals surface area contributed by atoms with Gasteiger partial charge in [-0.15, -0.1) is 0 Å². The van der Waals surface area contributed by atoms with Crippen LogP contribution < -0.4 is 5.32 Å². The second kappa shape index (κ2) is 8.18. The molecule has 0 fully saturated rings. The molecule has 1 aromatic heterocycles. The lowest BCUT2D eigenvalue weighted by Crippen LogP contribution is -2.38. The Morgan fingerprint density at radius 2 is 1.85 bits per heavy atom. The van der Waals surface area contributed by atoms with Crippen LogP contribution in [0.4, 0.5) is 13.2 Å². The van der Waals surface area contributed by atoms with Gasteiger partial charge in [0.15, 0.2) is 0 Å². The number of pyridine rings is 1. The fourth-order valence-corrected chi connectivity index (χ4v) is 2.23. The minimum absolute atomic E-state index is 0.0793. The van der Waals surface area contributed by atoms with Gasteiger partial charge >= 0.3 is 6.18 Å². The number of rotatable bonds is 5. The van der Waals surface area contributed by atoms with Crippen molar-refractivity contribution >= 4 is 23.4 Å². The zero-order chi connectivity index (χ0) is 19.3. The molecule has 0 unspecified atom stereocenters. The Morgan fingerprint density at radius 3 is 2.42 bits per heavy atom. The van der Waals surface area contributed by atoms with Gasteiger partial charge in [0.2, 0.25) is 5.91 Å². The monoisotopic (exact) mass is 385 g/mol. The van der Waals surface area contributed by atoms with Crippen molar-refractivity contribution in [3.05, 3.63) is 64.4 Å². The minimum atomic E-state index is -4.40. The van der Waals surface area contributed by atoms with Crippen molar-refractivity contribution in [2.75, 3.05) is 13.6 Å². The summed E-state index contributed by atoms with van der Waals surface area (Å²) in [6, 6.07) is 7.41. The van der Waals surface area contributed by atoms with Crippen molar-refractivity contribution in [2.45, 2.75) is 12.7 Å². The predicted molar refractivity (Wildman–Crippen MR) is 89.5 cm³/mol. The van der Waals surface area contributed by atoms with E-state index in [2.05, 4.69) is 10.3 Å². The summed E-state index contributed by atoms with van der Waals surface area (Å²) in [5.41, 5.74) is -0.135. The lowest BCUT2D eigenvalue weighted by Gasteiger charge is -2.18. The van der Waals surface area contributed by atoms with Gasteiger partial charge in [0.1, 0.15) is 5.69 Å². The fourth-order valence-electron chi connectivity index (χ4n) is 2.07. The summed E-state index contributed by atoms with van der Waals surface area (Å²) in [7, 11) is 1.49. The van der Waals surface area contributed by atoms with Crippen LogP contribution in [0.2, 0.25) is 5.02 Å². The molecule has 9 heteroatoms. The molecule has 0 spiro atoms. The maximum atomic E-state index is 12.5. The lowest BCUT2D eigenvalue weighted by molar-refractivity contribution is -0.137. The Balaban J connectivity index is 1.88. The molecule has 138 valence electrons. The third kappa shape index (κ3) is 5.45. The van der Waals surface area contributed by atoms with Crippen molar-refractivity contribution in [1.29, 1.82) is 0 Å². The maximum absolute atomic E-state index is 12.5. The highest BCUT2D eigenvalue weighted by Crippen LogP contribution is 2.29. The van der Waals surface area contributed by atoms with E-state index in [-0.39, 0.29) is 18.8 Å². The van der Waals surface area contributed by atoms with E-state index >= 15 is 0 Å². The van der Waals surface area contributed by atoms with Crippen molar-refractivity contribution in [3.8, 4) is 0 Å². The largest absolute Gasteiger partial charge is 0.416 e. The van der Waals surface area contributed by atoms with Gasteiger partial charge in [0.25, 0.3) is 5.91 Å². The summed E-state index contributed by atoms with van der Waals surface area (Å²) in [6.07, 6.45) is -3.03. The molecule has 26 heavy (non-hydrogen) atoms. The van der Waals surface area contributed by atoms with Crippen molar-refractivity contribution < 1.29 is 22.8 Å². The number of hydrogen-bond donors (Lipinski definition) is 1. The van der Waals surface area contributed by atoms with Gasteiger partial charge in [0.05, 0.1) is 12.1 Å².